The summed E-state index contributed by atoms with van der Waals surface area (Å²) in [7, 11) is 0. The van der Waals surface area contributed by atoms with Gasteiger partial charge in [-0.1, -0.05) is 0 Å². The van der Waals surface area contributed by atoms with Crippen molar-refractivity contribution in [3.05, 3.63) is 20.8 Å². The summed E-state index contributed by atoms with van der Waals surface area (Å²) in [5.74, 6) is 0.00745. The van der Waals surface area contributed by atoms with E-state index in [2.05, 4.69) is 15.9 Å². The normalized spacial score (nSPS) is 17.3. The average Bonchev–Trinajstić information content (AvgIpc) is 2.57. The molecule has 5 heteroatoms. The first-order valence-corrected chi connectivity index (χ1v) is 6.35. The summed E-state index contributed by atoms with van der Waals surface area (Å²) in [6.45, 7) is 1.17. The Balaban J connectivity index is 2.04. The molecule has 0 N–H and O–H groups in total. The Hall–Kier alpha value is -0.680. The zero-order valence-corrected chi connectivity index (χ0v) is 10.4. The van der Waals surface area contributed by atoms with Crippen molar-refractivity contribution in [3.63, 3.8) is 0 Å². The lowest BCUT2D eigenvalue weighted by Gasteiger charge is -2.25. The topological polar surface area (TPSA) is 37.4 Å². The number of hydrogen-bond acceptors (Lipinski definition) is 3. The van der Waals surface area contributed by atoms with E-state index >= 15 is 0 Å². The SMILES string of the molecule is O=C1CCN(Cc2sccc2Br)C(=O)C1. The van der Waals surface area contributed by atoms with E-state index in [4.69, 9.17) is 0 Å². The molecule has 3 nitrogen and oxygen atoms in total. The number of piperidine rings is 1. The standard InChI is InChI=1S/C10H10BrNO2S/c11-8-2-4-15-9(8)6-12-3-1-7(13)5-10(12)14/h2,4H,1,3,5-6H2. The number of halogens is 1. The van der Waals surface area contributed by atoms with Crippen molar-refractivity contribution < 1.29 is 9.59 Å². The summed E-state index contributed by atoms with van der Waals surface area (Å²) < 4.78 is 1.04. The molecule has 0 saturated carbocycles. The van der Waals surface area contributed by atoms with Gasteiger partial charge in [0.25, 0.3) is 0 Å². The molecule has 1 aromatic rings. The van der Waals surface area contributed by atoms with Gasteiger partial charge in [-0.05, 0) is 27.4 Å². The third-order valence-corrected chi connectivity index (χ3v) is 4.30. The molecule has 1 amide bonds. The number of hydrogen-bond donors (Lipinski definition) is 0. The number of thiophene rings is 1. The Morgan fingerprint density at radius 2 is 2.27 bits per heavy atom. The van der Waals surface area contributed by atoms with Gasteiger partial charge in [-0.3, -0.25) is 9.59 Å². The van der Waals surface area contributed by atoms with Crippen molar-refractivity contribution in [2.75, 3.05) is 6.54 Å². The minimum absolute atomic E-state index is 0.0495. The summed E-state index contributed by atoms with van der Waals surface area (Å²) in [4.78, 5) is 25.5. The minimum atomic E-state index is -0.0495. The molecule has 0 unspecified atom stereocenters. The van der Waals surface area contributed by atoms with Crippen LogP contribution in [-0.2, 0) is 16.1 Å². The predicted octanol–water partition coefficient (Wildman–Crippen LogP) is 2.20. The number of Topliss-reactive ketones (excluding diaryl/α,β-unsaturated/α-hetero) is 1. The van der Waals surface area contributed by atoms with Crippen molar-refractivity contribution in [2.45, 2.75) is 19.4 Å². The molecular formula is C10H10BrNO2S. The third-order valence-electron chi connectivity index (χ3n) is 2.39. The maximum Gasteiger partial charge on any atom is 0.230 e. The molecule has 15 heavy (non-hydrogen) atoms. The molecule has 0 radical (unpaired) electrons. The van der Waals surface area contributed by atoms with Crippen LogP contribution < -0.4 is 0 Å². The second-order valence-corrected chi connectivity index (χ2v) is 5.33. The summed E-state index contributed by atoms with van der Waals surface area (Å²) in [6.07, 6.45) is 0.567. The Kier molecular flexibility index (Phi) is 3.21. The van der Waals surface area contributed by atoms with Crippen LogP contribution >= 0.6 is 27.3 Å². The lowest BCUT2D eigenvalue weighted by molar-refractivity contribution is -0.139. The highest BCUT2D eigenvalue weighted by atomic mass is 79.9. The maximum atomic E-state index is 11.5. The Bertz CT molecular complexity index is 402. The summed E-state index contributed by atoms with van der Waals surface area (Å²) in [5, 5.41) is 1.99. The first-order valence-electron chi connectivity index (χ1n) is 4.68. The molecule has 0 aliphatic carbocycles. The van der Waals surface area contributed by atoms with Crippen LogP contribution in [0.25, 0.3) is 0 Å². The van der Waals surface area contributed by atoms with Gasteiger partial charge in [-0.2, -0.15) is 0 Å². The predicted molar refractivity (Wildman–Crippen MR) is 61.7 cm³/mol. The molecule has 0 aromatic carbocycles. The lowest BCUT2D eigenvalue weighted by Crippen LogP contribution is -2.38. The molecule has 1 fully saturated rings. The molecule has 0 bridgehead atoms. The Morgan fingerprint density at radius 3 is 2.87 bits per heavy atom. The molecule has 1 saturated heterocycles. The van der Waals surface area contributed by atoms with E-state index in [0.717, 1.165) is 9.35 Å². The van der Waals surface area contributed by atoms with Gasteiger partial charge in [0, 0.05) is 22.3 Å². The van der Waals surface area contributed by atoms with Crippen LogP contribution in [0.2, 0.25) is 0 Å². The fourth-order valence-corrected chi connectivity index (χ4v) is 3.02. The van der Waals surface area contributed by atoms with Crippen molar-refractivity contribution in [1.82, 2.24) is 4.90 Å². The summed E-state index contributed by atoms with van der Waals surface area (Å²) in [6, 6.07) is 1.97. The second kappa shape index (κ2) is 4.45. The van der Waals surface area contributed by atoms with Gasteiger partial charge in [0.1, 0.15) is 5.78 Å². The molecule has 1 aliphatic rings. The van der Waals surface area contributed by atoms with Crippen LogP contribution in [0, 0.1) is 0 Å². The van der Waals surface area contributed by atoms with E-state index in [9.17, 15) is 9.59 Å². The van der Waals surface area contributed by atoms with Gasteiger partial charge >= 0.3 is 0 Å². The molecular weight excluding hydrogens is 278 g/mol. The fourth-order valence-electron chi connectivity index (χ4n) is 1.53. The quantitative estimate of drug-likeness (QED) is 0.782. The number of carbonyl (C=O) groups is 2. The van der Waals surface area contributed by atoms with E-state index in [0.29, 0.717) is 19.5 Å². The fraction of sp³-hybridized carbons (Fsp3) is 0.400. The lowest BCUT2D eigenvalue weighted by atomic mass is 10.1. The van der Waals surface area contributed by atoms with E-state index in [1.807, 2.05) is 11.4 Å². The molecule has 2 rings (SSSR count). The van der Waals surface area contributed by atoms with Gasteiger partial charge in [-0.25, -0.2) is 0 Å². The monoisotopic (exact) mass is 287 g/mol. The largest absolute Gasteiger partial charge is 0.337 e. The third kappa shape index (κ3) is 2.46. The summed E-state index contributed by atoms with van der Waals surface area (Å²) >= 11 is 5.05. The van der Waals surface area contributed by atoms with Crippen LogP contribution in [0.15, 0.2) is 15.9 Å². The van der Waals surface area contributed by atoms with Crippen LogP contribution in [0.3, 0.4) is 0 Å². The van der Waals surface area contributed by atoms with Crippen molar-refractivity contribution in [1.29, 1.82) is 0 Å². The van der Waals surface area contributed by atoms with Crippen LogP contribution in [-0.4, -0.2) is 23.1 Å². The first-order chi connectivity index (χ1) is 7.16. The van der Waals surface area contributed by atoms with Gasteiger partial charge < -0.3 is 4.90 Å². The average molecular weight is 288 g/mol. The minimum Gasteiger partial charge on any atom is -0.337 e. The molecule has 1 aromatic heterocycles. The van der Waals surface area contributed by atoms with Crippen molar-refractivity contribution >= 4 is 39.0 Å². The van der Waals surface area contributed by atoms with Gasteiger partial charge in [0.15, 0.2) is 0 Å². The first kappa shape index (κ1) is 10.8. The summed E-state index contributed by atoms with van der Waals surface area (Å²) in [5.41, 5.74) is 0. The van der Waals surface area contributed by atoms with E-state index in [1.165, 1.54) is 0 Å². The maximum absolute atomic E-state index is 11.5. The number of likely N-dealkylation sites (tertiary alicyclic amines) is 1. The number of rotatable bonds is 2. The molecule has 80 valence electrons. The molecule has 2 heterocycles. The highest BCUT2D eigenvalue weighted by molar-refractivity contribution is 9.10. The van der Waals surface area contributed by atoms with Gasteiger partial charge in [-0.15, -0.1) is 11.3 Å². The van der Waals surface area contributed by atoms with Crippen molar-refractivity contribution in [2.24, 2.45) is 0 Å². The van der Waals surface area contributed by atoms with E-state index < -0.39 is 0 Å². The Morgan fingerprint density at radius 1 is 1.47 bits per heavy atom. The highest BCUT2D eigenvalue weighted by Gasteiger charge is 2.24. The highest BCUT2D eigenvalue weighted by Crippen LogP contribution is 2.25. The molecule has 0 atom stereocenters. The van der Waals surface area contributed by atoms with Gasteiger partial charge in [0.05, 0.1) is 13.0 Å². The smallest absolute Gasteiger partial charge is 0.230 e. The zero-order chi connectivity index (χ0) is 10.8. The van der Waals surface area contributed by atoms with Crippen LogP contribution in [0.4, 0.5) is 0 Å². The number of amides is 1. The number of carbonyl (C=O) groups excluding carboxylic acids is 2. The van der Waals surface area contributed by atoms with Crippen molar-refractivity contribution in [3.8, 4) is 0 Å². The second-order valence-electron chi connectivity index (χ2n) is 3.47. The zero-order valence-electron chi connectivity index (χ0n) is 8.03. The molecule has 0 spiro atoms. The number of nitrogens with zero attached hydrogens (tertiary/aromatic N) is 1. The van der Waals surface area contributed by atoms with Crippen LogP contribution in [0.1, 0.15) is 17.7 Å². The Labute approximate surface area is 100 Å². The van der Waals surface area contributed by atoms with Crippen LogP contribution in [0.5, 0.6) is 0 Å². The van der Waals surface area contributed by atoms with E-state index in [-0.39, 0.29) is 18.1 Å². The van der Waals surface area contributed by atoms with Gasteiger partial charge in [0.2, 0.25) is 5.91 Å². The molecule has 1 aliphatic heterocycles. The van der Waals surface area contributed by atoms with E-state index in [1.54, 1.807) is 16.2 Å². The number of ketones is 1.